The fourth-order valence-electron chi connectivity index (χ4n) is 2.77. The van der Waals surface area contributed by atoms with Gasteiger partial charge in [-0.15, -0.1) is 0 Å². The Labute approximate surface area is 173 Å². The SMILES string of the molecule is COc1cc(CCC(=O)NCCS(=O)(=O)N2CCOCC2)ccc1OCC(F)(F)F. The van der Waals surface area contributed by atoms with E-state index >= 15 is 0 Å². The number of benzene rings is 1. The van der Waals surface area contributed by atoms with Gasteiger partial charge in [0.25, 0.3) is 0 Å². The molecule has 0 unspecified atom stereocenters. The number of methoxy groups -OCH3 is 1. The van der Waals surface area contributed by atoms with Gasteiger partial charge in [0.2, 0.25) is 15.9 Å². The van der Waals surface area contributed by atoms with Gasteiger partial charge in [0.1, 0.15) is 0 Å². The number of hydrogen-bond acceptors (Lipinski definition) is 6. The van der Waals surface area contributed by atoms with Gasteiger partial charge in [-0.2, -0.15) is 17.5 Å². The number of amides is 1. The molecule has 0 bridgehead atoms. The Kier molecular flexibility index (Phi) is 8.74. The summed E-state index contributed by atoms with van der Waals surface area (Å²) in [5.74, 6) is -0.439. The van der Waals surface area contributed by atoms with Crippen LogP contribution >= 0.6 is 0 Å². The number of nitrogens with one attached hydrogen (secondary N) is 1. The molecule has 2 rings (SSSR count). The second-order valence-electron chi connectivity index (χ2n) is 6.57. The number of nitrogens with zero attached hydrogens (tertiary/aromatic N) is 1. The zero-order valence-electron chi connectivity index (χ0n) is 16.5. The van der Waals surface area contributed by atoms with Gasteiger partial charge in [0, 0.05) is 26.1 Å². The number of ether oxygens (including phenoxy) is 3. The van der Waals surface area contributed by atoms with Gasteiger partial charge in [-0.3, -0.25) is 4.79 Å². The van der Waals surface area contributed by atoms with Gasteiger partial charge in [-0.25, -0.2) is 8.42 Å². The summed E-state index contributed by atoms with van der Waals surface area (Å²) in [6.45, 7) is -0.115. The number of alkyl halides is 3. The summed E-state index contributed by atoms with van der Waals surface area (Å²) in [4.78, 5) is 12.0. The summed E-state index contributed by atoms with van der Waals surface area (Å²) in [6, 6.07) is 4.40. The van der Waals surface area contributed by atoms with Crippen LogP contribution in [0.4, 0.5) is 13.2 Å². The zero-order valence-corrected chi connectivity index (χ0v) is 17.4. The third-order valence-corrected chi connectivity index (χ3v) is 6.18. The number of halogens is 3. The molecule has 0 aliphatic carbocycles. The Hall–Kier alpha value is -2.05. The molecule has 1 N–H and O–H groups in total. The summed E-state index contributed by atoms with van der Waals surface area (Å²) in [6.07, 6.45) is -4.07. The van der Waals surface area contributed by atoms with Crippen molar-refractivity contribution in [2.45, 2.75) is 19.0 Å². The Bertz CT molecular complexity index is 811. The average molecular weight is 454 g/mol. The van der Waals surface area contributed by atoms with E-state index in [-0.39, 0.29) is 36.1 Å². The lowest BCUT2D eigenvalue weighted by Crippen LogP contribution is -2.43. The van der Waals surface area contributed by atoms with Crippen LogP contribution in [0.2, 0.25) is 0 Å². The monoisotopic (exact) mass is 454 g/mol. The topological polar surface area (TPSA) is 94.2 Å². The first-order valence-corrected chi connectivity index (χ1v) is 10.9. The van der Waals surface area contributed by atoms with Crippen molar-refractivity contribution in [1.29, 1.82) is 0 Å². The van der Waals surface area contributed by atoms with E-state index < -0.39 is 22.8 Å². The van der Waals surface area contributed by atoms with E-state index in [1.165, 1.54) is 23.5 Å². The Balaban J connectivity index is 1.78. The van der Waals surface area contributed by atoms with Crippen LogP contribution in [0.3, 0.4) is 0 Å². The maximum absolute atomic E-state index is 12.3. The summed E-state index contributed by atoms with van der Waals surface area (Å²) in [5.41, 5.74) is 0.669. The number of carbonyl (C=O) groups is 1. The summed E-state index contributed by atoms with van der Waals surface area (Å²) in [7, 11) is -2.14. The van der Waals surface area contributed by atoms with Gasteiger partial charge in [-0.1, -0.05) is 6.07 Å². The number of morpholine rings is 1. The molecule has 1 heterocycles. The van der Waals surface area contributed by atoms with Gasteiger partial charge in [0.05, 0.1) is 26.1 Å². The van der Waals surface area contributed by atoms with Gasteiger partial charge >= 0.3 is 6.18 Å². The zero-order chi connectivity index (χ0) is 22.2. The van der Waals surface area contributed by atoms with E-state index in [9.17, 15) is 26.4 Å². The lowest BCUT2D eigenvalue weighted by molar-refractivity contribution is -0.153. The molecule has 1 aromatic carbocycles. The molecule has 0 atom stereocenters. The molecule has 0 spiro atoms. The fraction of sp³-hybridized carbons (Fsp3) is 0.611. The molecule has 1 fully saturated rings. The van der Waals surface area contributed by atoms with Crippen molar-refractivity contribution in [3.05, 3.63) is 23.8 Å². The van der Waals surface area contributed by atoms with Crippen LogP contribution < -0.4 is 14.8 Å². The number of rotatable bonds is 10. The van der Waals surface area contributed by atoms with Crippen molar-refractivity contribution in [3.8, 4) is 11.5 Å². The number of sulfonamides is 1. The van der Waals surface area contributed by atoms with Crippen LogP contribution in [0.25, 0.3) is 0 Å². The highest BCUT2D eigenvalue weighted by Crippen LogP contribution is 2.30. The standard InChI is InChI=1S/C18H25F3N2O6S/c1-27-16-12-14(2-4-15(16)29-13-18(19,20)21)3-5-17(24)22-6-11-30(25,26)23-7-9-28-10-8-23/h2,4,12H,3,5-11,13H2,1H3,(H,22,24). The summed E-state index contributed by atoms with van der Waals surface area (Å²) >= 11 is 0. The maximum Gasteiger partial charge on any atom is 0.422 e. The molecule has 0 saturated carbocycles. The van der Waals surface area contributed by atoms with Crippen molar-refractivity contribution in [2.24, 2.45) is 0 Å². The largest absolute Gasteiger partial charge is 0.493 e. The minimum atomic E-state index is -4.46. The Morgan fingerprint density at radius 1 is 1.23 bits per heavy atom. The Morgan fingerprint density at radius 2 is 1.93 bits per heavy atom. The van der Waals surface area contributed by atoms with E-state index in [0.29, 0.717) is 38.3 Å². The lowest BCUT2D eigenvalue weighted by atomic mass is 10.1. The fourth-order valence-corrected chi connectivity index (χ4v) is 4.09. The molecule has 12 heteroatoms. The Morgan fingerprint density at radius 3 is 2.57 bits per heavy atom. The lowest BCUT2D eigenvalue weighted by Gasteiger charge is -2.26. The first kappa shape index (κ1) is 24.2. The van der Waals surface area contributed by atoms with Crippen LogP contribution in [-0.4, -0.2) is 77.1 Å². The second kappa shape index (κ2) is 10.8. The minimum Gasteiger partial charge on any atom is -0.493 e. The first-order valence-electron chi connectivity index (χ1n) is 9.29. The van der Waals surface area contributed by atoms with Gasteiger partial charge < -0.3 is 19.5 Å². The first-order chi connectivity index (χ1) is 14.1. The van der Waals surface area contributed by atoms with Gasteiger partial charge in [0.15, 0.2) is 18.1 Å². The van der Waals surface area contributed by atoms with E-state index in [4.69, 9.17) is 14.2 Å². The van der Waals surface area contributed by atoms with Crippen LogP contribution in [0.15, 0.2) is 18.2 Å². The highest BCUT2D eigenvalue weighted by molar-refractivity contribution is 7.89. The van der Waals surface area contributed by atoms with E-state index in [0.717, 1.165) is 0 Å². The highest BCUT2D eigenvalue weighted by atomic mass is 32.2. The minimum absolute atomic E-state index is 0.00787. The normalized spacial score (nSPS) is 15.6. The predicted octanol–water partition coefficient (Wildman–Crippen LogP) is 1.35. The molecule has 0 aromatic heterocycles. The van der Waals surface area contributed by atoms with E-state index in [2.05, 4.69) is 5.32 Å². The molecular weight excluding hydrogens is 429 g/mol. The maximum atomic E-state index is 12.3. The molecule has 1 aromatic rings. The molecule has 1 amide bonds. The average Bonchev–Trinajstić information content (AvgIpc) is 2.71. The molecular formula is C18H25F3N2O6S. The van der Waals surface area contributed by atoms with Crippen LogP contribution in [0.1, 0.15) is 12.0 Å². The van der Waals surface area contributed by atoms with Crippen molar-refractivity contribution in [2.75, 3.05) is 52.3 Å². The number of aryl methyl sites for hydroxylation is 1. The predicted molar refractivity (Wildman–Crippen MR) is 102 cm³/mol. The van der Waals surface area contributed by atoms with Crippen molar-refractivity contribution in [1.82, 2.24) is 9.62 Å². The summed E-state index contributed by atoms with van der Waals surface area (Å²) in [5, 5.41) is 2.57. The van der Waals surface area contributed by atoms with Crippen LogP contribution in [0, 0.1) is 0 Å². The molecule has 8 nitrogen and oxygen atoms in total. The van der Waals surface area contributed by atoms with Crippen molar-refractivity contribution >= 4 is 15.9 Å². The highest BCUT2D eigenvalue weighted by Gasteiger charge is 2.29. The van der Waals surface area contributed by atoms with E-state index in [1.807, 2.05) is 0 Å². The molecule has 1 saturated heterocycles. The van der Waals surface area contributed by atoms with Gasteiger partial charge in [-0.05, 0) is 24.1 Å². The third kappa shape index (κ3) is 8.00. The van der Waals surface area contributed by atoms with Crippen LogP contribution in [0.5, 0.6) is 11.5 Å². The second-order valence-corrected chi connectivity index (χ2v) is 8.65. The molecule has 0 radical (unpaired) electrons. The van der Waals surface area contributed by atoms with E-state index in [1.54, 1.807) is 6.07 Å². The summed E-state index contributed by atoms with van der Waals surface area (Å²) < 4.78 is 77.5. The number of hydrogen-bond donors (Lipinski definition) is 1. The molecule has 1 aliphatic rings. The van der Waals surface area contributed by atoms with Crippen molar-refractivity contribution in [3.63, 3.8) is 0 Å². The van der Waals surface area contributed by atoms with Crippen molar-refractivity contribution < 1.29 is 40.6 Å². The number of carbonyl (C=O) groups excluding carboxylic acids is 1. The molecule has 30 heavy (non-hydrogen) atoms. The van der Waals surface area contributed by atoms with Crippen LogP contribution in [-0.2, 0) is 26.0 Å². The third-order valence-electron chi connectivity index (χ3n) is 4.31. The smallest absolute Gasteiger partial charge is 0.422 e. The molecule has 1 aliphatic heterocycles. The molecule has 170 valence electrons. The quantitative estimate of drug-likeness (QED) is 0.574.